The summed E-state index contributed by atoms with van der Waals surface area (Å²) in [6, 6.07) is 15.1. The monoisotopic (exact) mass is 286 g/mol. The van der Waals surface area contributed by atoms with Crippen molar-refractivity contribution >= 4 is 6.08 Å². The molecule has 0 radical (unpaired) electrons. The SMILES string of the molecule is COc1c(/C=C/N([O-])O)cccc1OCc1ccccc1. The molecule has 0 aliphatic carbocycles. The van der Waals surface area contributed by atoms with E-state index in [0.717, 1.165) is 11.8 Å². The number of para-hydroxylation sites is 1. The summed E-state index contributed by atoms with van der Waals surface area (Å²) >= 11 is 0. The number of hydrogen-bond acceptors (Lipinski definition) is 5. The molecular formula is C16H16NO4-. The Labute approximate surface area is 123 Å². The van der Waals surface area contributed by atoms with Crippen LogP contribution in [0.3, 0.4) is 0 Å². The number of methoxy groups -OCH3 is 1. The molecule has 0 unspecified atom stereocenters. The molecule has 2 aromatic rings. The molecule has 1 N–H and O–H groups in total. The molecule has 0 spiro atoms. The third kappa shape index (κ3) is 4.24. The van der Waals surface area contributed by atoms with Crippen molar-refractivity contribution in [3.63, 3.8) is 0 Å². The summed E-state index contributed by atoms with van der Waals surface area (Å²) < 4.78 is 11.1. The first kappa shape index (κ1) is 14.9. The van der Waals surface area contributed by atoms with Crippen LogP contribution in [-0.2, 0) is 6.61 Å². The van der Waals surface area contributed by atoms with E-state index in [4.69, 9.17) is 14.7 Å². The van der Waals surface area contributed by atoms with E-state index in [1.807, 2.05) is 30.3 Å². The summed E-state index contributed by atoms with van der Waals surface area (Å²) in [5.74, 6) is 1.07. The fourth-order valence-corrected chi connectivity index (χ4v) is 1.88. The first-order valence-electron chi connectivity index (χ1n) is 6.38. The van der Waals surface area contributed by atoms with Gasteiger partial charge in [-0.1, -0.05) is 42.5 Å². The third-order valence-electron chi connectivity index (χ3n) is 2.83. The van der Waals surface area contributed by atoms with Gasteiger partial charge in [0.1, 0.15) is 6.61 Å². The number of nitrogens with zero attached hydrogens (tertiary/aromatic N) is 1. The van der Waals surface area contributed by atoms with Gasteiger partial charge in [0.25, 0.3) is 0 Å². The van der Waals surface area contributed by atoms with Crippen molar-refractivity contribution in [2.24, 2.45) is 0 Å². The van der Waals surface area contributed by atoms with Crippen molar-refractivity contribution in [2.45, 2.75) is 6.61 Å². The van der Waals surface area contributed by atoms with Crippen molar-refractivity contribution in [3.8, 4) is 11.5 Å². The van der Waals surface area contributed by atoms with Crippen molar-refractivity contribution in [1.29, 1.82) is 0 Å². The lowest BCUT2D eigenvalue weighted by atomic mass is 10.2. The van der Waals surface area contributed by atoms with Gasteiger partial charge in [0, 0.05) is 11.8 Å². The number of benzene rings is 2. The molecule has 0 saturated carbocycles. The second-order valence-electron chi connectivity index (χ2n) is 4.27. The highest BCUT2D eigenvalue weighted by Gasteiger charge is 2.08. The zero-order valence-electron chi connectivity index (χ0n) is 11.6. The van der Waals surface area contributed by atoms with E-state index in [1.165, 1.54) is 13.2 Å². The molecule has 0 bridgehead atoms. The van der Waals surface area contributed by atoms with E-state index in [-0.39, 0.29) is 5.23 Å². The van der Waals surface area contributed by atoms with Crippen LogP contribution in [0.4, 0.5) is 0 Å². The minimum atomic E-state index is -0.267. The van der Waals surface area contributed by atoms with Crippen LogP contribution in [0.25, 0.3) is 6.08 Å². The minimum Gasteiger partial charge on any atom is -0.734 e. The summed E-state index contributed by atoms with van der Waals surface area (Å²) in [5, 5.41) is 18.9. The molecule has 0 heterocycles. The fraction of sp³-hybridized carbons (Fsp3) is 0.125. The van der Waals surface area contributed by atoms with Crippen molar-refractivity contribution < 1.29 is 14.7 Å². The Morgan fingerprint density at radius 1 is 1.14 bits per heavy atom. The Kier molecular flexibility index (Phi) is 5.20. The summed E-state index contributed by atoms with van der Waals surface area (Å²) in [6.45, 7) is 0.415. The Balaban J connectivity index is 2.17. The lowest BCUT2D eigenvalue weighted by molar-refractivity contribution is 0.0129. The predicted molar refractivity (Wildman–Crippen MR) is 79.8 cm³/mol. The first-order valence-corrected chi connectivity index (χ1v) is 6.38. The number of hydrogen-bond donors (Lipinski definition) is 1. The molecule has 5 heteroatoms. The number of ether oxygens (including phenoxy) is 2. The average Bonchev–Trinajstić information content (AvgIpc) is 2.51. The Bertz CT molecular complexity index is 596. The van der Waals surface area contributed by atoms with Crippen molar-refractivity contribution in [1.82, 2.24) is 5.23 Å². The van der Waals surface area contributed by atoms with Crippen LogP contribution in [0.1, 0.15) is 11.1 Å². The molecule has 110 valence electrons. The smallest absolute Gasteiger partial charge is 0.168 e. The lowest BCUT2D eigenvalue weighted by Crippen LogP contribution is -2.00. The summed E-state index contributed by atoms with van der Waals surface area (Å²) in [4.78, 5) is 0. The highest BCUT2D eigenvalue weighted by atomic mass is 16.8. The van der Waals surface area contributed by atoms with Crippen molar-refractivity contribution in [2.75, 3.05) is 7.11 Å². The molecular weight excluding hydrogens is 270 g/mol. The van der Waals surface area contributed by atoms with E-state index in [1.54, 1.807) is 18.2 Å². The largest absolute Gasteiger partial charge is 0.734 e. The van der Waals surface area contributed by atoms with E-state index in [2.05, 4.69) is 0 Å². The minimum absolute atomic E-state index is 0.267. The van der Waals surface area contributed by atoms with Crippen LogP contribution >= 0.6 is 0 Å². The zero-order valence-corrected chi connectivity index (χ0v) is 11.6. The van der Waals surface area contributed by atoms with E-state index >= 15 is 0 Å². The molecule has 0 aliphatic rings. The maximum absolute atomic E-state index is 10.5. The Hall–Kier alpha value is -2.50. The first-order chi connectivity index (χ1) is 10.2. The number of rotatable bonds is 6. The quantitative estimate of drug-likeness (QED) is 0.824. The van der Waals surface area contributed by atoms with Crippen LogP contribution in [-0.4, -0.2) is 17.5 Å². The maximum atomic E-state index is 10.5. The van der Waals surface area contributed by atoms with Gasteiger partial charge in [-0.25, -0.2) is 0 Å². The standard InChI is InChI=1S/C16H16NO4/c1-20-16-14(10-11-17(18)19)8-5-9-15(16)21-12-13-6-3-2-4-7-13/h2-11,18H,12H2,1H3/q-1/b11-10+. The van der Waals surface area contributed by atoms with Gasteiger partial charge in [0.2, 0.25) is 0 Å². The normalized spacial score (nSPS) is 10.6. The zero-order chi connectivity index (χ0) is 15.1. The fourth-order valence-electron chi connectivity index (χ4n) is 1.88. The number of hydroxylamine groups is 2. The lowest BCUT2D eigenvalue weighted by Gasteiger charge is -2.16. The van der Waals surface area contributed by atoms with Crippen molar-refractivity contribution in [3.05, 3.63) is 71.1 Å². The molecule has 0 aromatic heterocycles. The van der Waals surface area contributed by atoms with Crippen LogP contribution < -0.4 is 9.47 Å². The highest BCUT2D eigenvalue weighted by Crippen LogP contribution is 2.32. The molecule has 21 heavy (non-hydrogen) atoms. The molecule has 0 aliphatic heterocycles. The van der Waals surface area contributed by atoms with Gasteiger partial charge in [-0.15, -0.1) is 0 Å². The summed E-state index contributed by atoms with van der Waals surface area (Å²) in [6.07, 6.45) is 2.43. The van der Waals surface area contributed by atoms with E-state index in [0.29, 0.717) is 23.7 Å². The Morgan fingerprint density at radius 3 is 2.57 bits per heavy atom. The molecule has 2 rings (SSSR count). The second-order valence-corrected chi connectivity index (χ2v) is 4.27. The Morgan fingerprint density at radius 2 is 1.90 bits per heavy atom. The van der Waals surface area contributed by atoms with Crippen LogP contribution in [0.15, 0.2) is 54.7 Å². The average molecular weight is 286 g/mol. The summed E-state index contributed by atoms with van der Waals surface area (Å²) in [5.41, 5.74) is 1.68. The molecule has 0 amide bonds. The van der Waals surface area contributed by atoms with Gasteiger partial charge in [-0.2, -0.15) is 0 Å². The van der Waals surface area contributed by atoms with Gasteiger partial charge in [0.05, 0.1) is 7.11 Å². The second kappa shape index (κ2) is 7.33. The summed E-state index contributed by atoms with van der Waals surface area (Å²) in [7, 11) is 1.52. The molecule has 5 nitrogen and oxygen atoms in total. The van der Waals surface area contributed by atoms with E-state index in [9.17, 15) is 5.21 Å². The van der Waals surface area contributed by atoms with Gasteiger partial charge < -0.3 is 19.9 Å². The van der Waals surface area contributed by atoms with E-state index < -0.39 is 0 Å². The van der Waals surface area contributed by atoms with Gasteiger partial charge in [-0.05, 0) is 17.7 Å². The van der Waals surface area contributed by atoms with Gasteiger partial charge in [-0.3, -0.25) is 5.21 Å². The van der Waals surface area contributed by atoms with Gasteiger partial charge >= 0.3 is 0 Å². The topological polar surface area (TPSA) is 65.0 Å². The highest BCUT2D eigenvalue weighted by molar-refractivity contribution is 5.62. The third-order valence-corrected chi connectivity index (χ3v) is 2.83. The molecule has 0 saturated heterocycles. The molecule has 2 aromatic carbocycles. The van der Waals surface area contributed by atoms with Crippen LogP contribution in [0.5, 0.6) is 11.5 Å². The molecule has 0 fully saturated rings. The van der Waals surface area contributed by atoms with Gasteiger partial charge in [0.15, 0.2) is 11.5 Å². The molecule has 0 atom stereocenters. The van der Waals surface area contributed by atoms with Crippen LogP contribution in [0, 0.1) is 5.21 Å². The maximum Gasteiger partial charge on any atom is 0.168 e. The van der Waals surface area contributed by atoms with Crippen LogP contribution in [0.2, 0.25) is 0 Å². The predicted octanol–water partition coefficient (Wildman–Crippen LogP) is 3.43.